The van der Waals surface area contributed by atoms with E-state index in [1.165, 1.54) is 0 Å². The van der Waals surface area contributed by atoms with Gasteiger partial charge in [0.15, 0.2) is 5.82 Å². The molecule has 1 N–H and O–H groups in total. The van der Waals surface area contributed by atoms with Gasteiger partial charge in [-0.15, -0.1) is 0 Å². The molecule has 3 rings (SSSR count). The van der Waals surface area contributed by atoms with Gasteiger partial charge in [-0.05, 0) is 41.1 Å². The Morgan fingerprint density at radius 1 is 1.10 bits per heavy atom. The van der Waals surface area contributed by atoms with Gasteiger partial charge in [0.2, 0.25) is 0 Å². The van der Waals surface area contributed by atoms with Gasteiger partial charge in [-0.25, -0.2) is 4.98 Å². The predicted octanol–water partition coefficient (Wildman–Crippen LogP) is 5.27. The van der Waals surface area contributed by atoms with Crippen molar-refractivity contribution >= 4 is 49.8 Å². The lowest BCUT2D eigenvalue weighted by Gasteiger charge is -2.09. The van der Waals surface area contributed by atoms with E-state index < -0.39 is 0 Å². The Balaban J connectivity index is 1.99. The van der Waals surface area contributed by atoms with E-state index in [1.807, 2.05) is 36.4 Å². The Morgan fingerprint density at radius 2 is 1.86 bits per heavy atom. The molecule has 2 aromatic carbocycles. The van der Waals surface area contributed by atoms with Crippen molar-refractivity contribution < 1.29 is 0 Å². The number of nitrogens with one attached hydrogen (secondary N) is 1. The molecule has 0 aliphatic rings. The molecule has 5 heteroatoms. The lowest BCUT2D eigenvalue weighted by atomic mass is 10.1. The number of hydrogen-bond acceptors (Lipinski definition) is 3. The van der Waals surface area contributed by atoms with Crippen LogP contribution in [0.4, 0.5) is 11.5 Å². The Hall–Kier alpha value is -2.09. The van der Waals surface area contributed by atoms with Gasteiger partial charge >= 0.3 is 0 Å². The number of aromatic nitrogens is 1. The average molecular weight is 359 g/mol. The quantitative estimate of drug-likeness (QED) is 0.679. The first-order valence-electron chi connectivity index (χ1n) is 6.18. The molecule has 1 heterocycles. The number of pyridine rings is 1. The fourth-order valence-corrected chi connectivity index (χ4v) is 2.63. The van der Waals surface area contributed by atoms with Crippen LogP contribution in [0.2, 0.25) is 5.02 Å². The summed E-state index contributed by atoms with van der Waals surface area (Å²) < 4.78 is 1.04. The number of benzene rings is 2. The highest BCUT2D eigenvalue weighted by atomic mass is 79.9. The number of nitriles is 1. The Labute approximate surface area is 135 Å². The van der Waals surface area contributed by atoms with E-state index >= 15 is 0 Å². The molecule has 0 bridgehead atoms. The van der Waals surface area contributed by atoms with Crippen LogP contribution < -0.4 is 5.32 Å². The van der Waals surface area contributed by atoms with Gasteiger partial charge < -0.3 is 5.32 Å². The predicted molar refractivity (Wildman–Crippen MR) is 88.9 cm³/mol. The molecule has 0 radical (unpaired) electrons. The van der Waals surface area contributed by atoms with Crippen LogP contribution in [0.15, 0.2) is 53.1 Å². The highest BCUT2D eigenvalue weighted by Crippen LogP contribution is 2.28. The maximum Gasteiger partial charge on any atom is 0.150 e. The van der Waals surface area contributed by atoms with E-state index in [1.54, 1.807) is 12.3 Å². The molecule has 0 saturated carbocycles. The van der Waals surface area contributed by atoms with Crippen LogP contribution in [0, 0.1) is 11.3 Å². The van der Waals surface area contributed by atoms with Crippen LogP contribution in [-0.2, 0) is 0 Å². The third-order valence-corrected chi connectivity index (χ3v) is 3.95. The molecule has 0 atom stereocenters. The van der Waals surface area contributed by atoms with Crippen molar-refractivity contribution in [1.82, 2.24) is 4.98 Å². The van der Waals surface area contributed by atoms with E-state index in [2.05, 4.69) is 32.3 Å². The molecule has 1 aromatic heterocycles. The highest BCUT2D eigenvalue weighted by molar-refractivity contribution is 9.10. The van der Waals surface area contributed by atoms with Crippen molar-refractivity contribution in [2.24, 2.45) is 0 Å². The molecular weight excluding hydrogens is 350 g/mol. The number of anilines is 2. The molecule has 0 unspecified atom stereocenters. The molecule has 3 nitrogen and oxygen atoms in total. The van der Waals surface area contributed by atoms with Gasteiger partial charge in [-0.3, -0.25) is 0 Å². The smallest absolute Gasteiger partial charge is 0.150 e. The van der Waals surface area contributed by atoms with Crippen molar-refractivity contribution in [3.8, 4) is 6.07 Å². The molecule has 3 aromatic rings. The SMILES string of the molecule is N#Cc1ccnc(Nc2ccc3cc(Br)ccc3c2)c1Cl. The van der Waals surface area contributed by atoms with Gasteiger partial charge in [0.05, 0.1) is 5.56 Å². The standard InChI is InChI=1S/C16H9BrClN3/c17-13-3-1-11-8-14(4-2-10(11)7-13)21-16-15(18)12(9-19)5-6-20-16/h1-8H,(H,20,21). The van der Waals surface area contributed by atoms with Crippen molar-refractivity contribution in [3.05, 3.63) is 63.7 Å². The fraction of sp³-hybridized carbons (Fsp3) is 0. The maximum absolute atomic E-state index is 8.98. The van der Waals surface area contributed by atoms with Crippen molar-refractivity contribution in [1.29, 1.82) is 5.26 Å². The van der Waals surface area contributed by atoms with Crippen LogP contribution in [-0.4, -0.2) is 4.98 Å². The van der Waals surface area contributed by atoms with Crippen LogP contribution in [0.3, 0.4) is 0 Å². The summed E-state index contributed by atoms with van der Waals surface area (Å²) in [5.41, 5.74) is 1.27. The highest BCUT2D eigenvalue weighted by Gasteiger charge is 2.07. The van der Waals surface area contributed by atoms with Crippen LogP contribution >= 0.6 is 27.5 Å². The minimum absolute atomic E-state index is 0.330. The first-order chi connectivity index (χ1) is 10.2. The molecule has 21 heavy (non-hydrogen) atoms. The molecule has 0 spiro atoms. The summed E-state index contributed by atoms with van der Waals surface area (Å²) in [6.45, 7) is 0. The molecule has 0 aliphatic heterocycles. The average Bonchev–Trinajstić information content (AvgIpc) is 2.49. The molecular formula is C16H9BrClN3. The second-order valence-corrected chi connectivity index (χ2v) is 5.76. The van der Waals surface area contributed by atoms with Gasteiger partial charge in [0.25, 0.3) is 0 Å². The van der Waals surface area contributed by atoms with Gasteiger partial charge in [0, 0.05) is 16.4 Å². The third kappa shape index (κ3) is 2.85. The van der Waals surface area contributed by atoms with Gasteiger partial charge in [-0.1, -0.05) is 39.7 Å². The van der Waals surface area contributed by atoms with E-state index in [0.29, 0.717) is 16.4 Å². The monoisotopic (exact) mass is 357 g/mol. The molecule has 0 saturated heterocycles. The van der Waals surface area contributed by atoms with Gasteiger partial charge in [-0.2, -0.15) is 5.26 Å². The molecule has 0 fully saturated rings. The zero-order valence-electron chi connectivity index (χ0n) is 10.8. The topological polar surface area (TPSA) is 48.7 Å². The lowest BCUT2D eigenvalue weighted by Crippen LogP contribution is -1.95. The summed E-state index contributed by atoms with van der Waals surface area (Å²) in [5.74, 6) is 0.479. The molecule has 0 amide bonds. The van der Waals surface area contributed by atoms with Crippen LogP contribution in [0.1, 0.15) is 5.56 Å². The second-order valence-electron chi connectivity index (χ2n) is 4.46. The first-order valence-corrected chi connectivity index (χ1v) is 7.35. The Kier molecular flexibility index (Phi) is 3.78. The zero-order chi connectivity index (χ0) is 14.8. The van der Waals surface area contributed by atoms with E-state index in [-0.39, 0.29) is 0 Å². The summed E-state index contributed by atoms with van der Waals surface area (Å²) in [4.78, 5) is 4.17. The van der Waals surface area contributed by atoms with Crippen molar-refractivity contribution in [2.45, 2.75) is 0 Å². The van der Waals surface area contributed by atoms with Crippen molar-refractivity contribution in [3.63, 3.8) is 0 Å². The third-order valence-electron chi connectivity index (χ3n) is 3.07. The fourth-order valence-electron chi connectivity index (χ4n) is 2.05. The number of nitrogens with zero attached hydrogens (tertiary/aromatic N) is 2. The van der Waals surface area contributed by atoms with E-state index in [4.69, 9.17) is 16.9 Å². The maximum atomic E-state index is 8.98. The van der Waals surface area contributed by atoms with Crippen molar-refractivity contribution in [2.75, 3.05) is 5.32 Å². The second kappa shape index (κ2) is 5.72. The summed E-state index contributed by atoms with van der Waals surface area (Å²) >= 11 is 9.60. The summed E-state index contributed by atoms with van der Waals surface area (Å²) in [5, 5.41) is 14.7. The van der Waals surface area contributed by atoms with Gasteiger partial charge in [0.1, 0.15) is 11.1 Å². The normalized spacial score (nSPS) is 10.3. The molecule has 0 aliphatic carbocycles. The minimum Gasteiger partial charge on any atom is -0.339 e. The lowest BCUT2D eigenvalue weighted by molar-refractivity contribution is 1.29. The summed E-state index contributed by atoms with van der Waals surface area (Å²) in [6, 6.07) is 15.7. The summed E-state index contributed by atoms with van der Waals surface area (Å²) in [6.07, 6.45) is 1.56. The first kappa shape index (κ1) is 13.9. The number of halogens is 2. The van der Waals surface area contributed by atoms with E-state index in [0.717, 1.165) is 20.9 Å². The number of rotatable bonds is 2. The van der Waals surface area contributed by atoms with Crippen LogP contribution in [0.5, 0.6) is 0 Å². The Morgan fingerprint density at radius 3 is 2.67 bits per heavy atom. The molecule has 102 valence electrons. The minimum atomic E-state index is 0.330. The Bertz CT molecular complexity index is 871. The number of fused-ring (bicyclic) bond motifs is 1. The largest absolute Gasteiger partial charge is 0.339 e. The summed E-state index contributed by atoms with van der Waals surface area (Å²) in [7, 11) is 0. The zero-order valence-corrected chi connectivity index (χ0v) is 13.1. The van der Waals surface area contributed by atoms with Crippen LogP contribution in [0.25, 0.3) is 10.8 Å². The number of hydrogen-bond donors (Lipinski definition) is 1. The van der Waals surface area contributed by atoms with E-state index in [9.17, 15) is 0 Å².